The standard InChI is InChI=1S/C13H18BrN3O/c14-9-4-12(16-5-9)13(18)17-6-8-2-1-3-11(15)10(8)7-17/h4-5,8,10-11,16H,1-3,6-7,15H2. The Labute approximate surface area is 115 Å². The van der Waals surface area contributed by atoms with Crippen LogP contribution in [0.5, 0.6) is 0 Å². The zero-order valence-corrected chi connectivity index (χ0v) is 11.8. The fourth-order valence-electron chi connectivity index (χ4n) is 3.34. The Morgan fingerprint density at radius 1 is 1.44 bits per heavy atom. The maximum atomic E-state index is 12.3. The number of likely N-dealkylation sites (tertiary alicyclic amines) is 1. The number of nitrogens with two attached hydrogens (primary N) is 1. The topological polar surface area (TPSA) is 62.1 Å². The van der Waals surface area contributed by atoms with E-state index in [2.05, 4.69) is 20.9 Å². The lowest BCUT2D eigenvalue weighted by Crippen LogP contribution is -2.38. The van der Waals surface area contributed by atoms with E-state index in [0.29, 0.717) is 17.5 Å². The number of amides is 1. The van der Waals surface area contributed by atoms with Crippen LogP contribution in [0, 0.1) is 11.8 Å². The molecule has 0 spiro atoms. The van der Waals surface area contributed by atoms with Crippen LogP contribution < -0.4 is 5.73 Å². The predicted molar refractivity (Wildman–Crippen MR) is 73.2 cm³/mol. The molecule has 1 amide bonds. The number of hydrogen-bond donors (Lipinski definition) is 2. The number of carbonyl (C=O) groups is 1. The van der Waals surface area contributed by atoms with E-state index in [1.807, 2.05) is 11.0 Å². The van der Waals surface area contributed by atoms with Crippen LogP contribution in [0.4, 0.5) is 0 Å². The Balaban J connectivity index is 1.73. The maximum Gasteiger partial charge on any atom is 0.270 e. The third-order valence-corrected chi connectivity index (χ3v) is 4.78. The lowest BCUT2D eigenvalue weighted by molar-refractivity contribution is 0.0778. The minimum atomic E-state index is 0.0994. The third kappa shape index (κ3) is 2.10. The quantitative estimate of drug-likeness (QED) is 0.833. The van der Waals surface area contributed by atoms with Crippen LogP contribution in [-0.4, -0.2) is 34.9 Å². The molecule has 4 nitrogen and oxygen atoms in total. The minimum absolute atomic E-state index is 0.0994. The molecule has 3 atom stereocenters. The van der Waals surface area contributed by atoms with E-state index in [0.717, 1.165) is 24.0 Å². The molecular weight excluding hydrogens is 294 g/mol. The number of halogens is 1. The summed E-state index contributed by atoms with van der Waals surface area (Å²) in [4.78, 5) is 17.3. The highest BCUT2D eigenvalue weighted by Crippen LogP contribution is 2.36. The molecule has 1 aliphatic heterocycles. The minimum Gasteiger partial charge on any atom is -0.356 e. The molecule has 1 saturated heterocycles. The van der Waals surface area contributed by atoms with Crippen molar-refractivity contribution in [3.63, 3.8) is 0 Å². The molecule has 2 aliphatic rings. The first kappa shape index (κ1) is 12.2. The summed E-state index contributed by atoms with van der Waals surface area (Å²) in [5.74, 6) is 1.21. The molecule has 0 radical (unpaired) electrons. The van der Waals surface area contributed by atoms with Crippen LogP contribution in [0.2, 0.25) is 0 Å². The monoisotopic (exact) mass is 311 g/mol. The van der Waals surface area contributed by atoms with E-state index in [4.69, 9.17) is 5.73 Å². The molecule has 1 aliphatic carbocycles. The number of carbonyl (C=O) groups excluding carboxylic acids is 1. The maximum absolute atomic E-state index is 12.3. The van der Waals surface area contributed by atoms with Gasteiger partial charge in [0.15, 0.2) is 0 Å². The molecular formula is C13H18BrN3O. The number of aromatic nitrogens is 1. The van der Waals surface area contributed by atoms with Gasteiger partial charge in [0.2, 0.25) is 0 Å². The van der Waals surface area contributed by atoms with Gasteiger partial charge in [0.25, 0.3) is 5.91 Å². The van der Waals surface area contributed by atoms with Crippen molar-refractivity contribution in [3.05, 3.63) is 22.4 Å². The normalized spacial score (nSPS) is 31.4. The summed E-state index contributed by atoms with van der Waals surface area (Å²) in [6, 6.07) is 2.11. The van der Waals surface area contributed by atoms with Gasteiger partial charge in [-0.25, -0.2) is 0 Å². The summed E-state index contributed by atoms with van der Waals surface area (Å²) in [6.45, 7) is 1.69. The second kappa shape index (κ2) is 4.70. The number of nitrogens with zero attached hydrogens (tertiary/aromatic N) is 1. The van der Waals surface area contributed by atoms with Crippen LogP contribution in [0.3, 0.4) is 0 Å². The molecule has 0 aromatic carbocycles. The van der Waals surface area contributed by atoms with Crippen LogP contribution in [-0.2, 0) is 0 Å². The molecule has 1 aromatic rings. The third-order valence-electron chi connectivity index (χ3n) is 4.32. The molecule has 1 aromatic heterocycles. The molecule has 1 saturated carbocycles. The van der Waals surface area contributed by atoms with Gasteiger partial charge in [-0.05, 0) is 46.7 Å². The lowest BCUT2D eigenvalue weighted by Gasteiger charge is -2.29. The van der Waals surface area contributed by atoms with Gasteiger partial charge in [-0.1, -0.05) is 6.42 Å². The summed E-state index contributed by atoms with van der Waals surface area (Å²) in [5.41, 5.74) is 6.83. The van der Waals surface area contributed by atoms with E-state index in [1.54, 1.807) is 6.20 Å². The molecule has 5 heteroatoms. The Morgan fingerprint density at radius 3 is 2.94 bits per heavy atom. The van der Waals surface area contributed by atoms with E-state index in [9.17, 15) is 4.79 Å². The smallest absolute Gasteiger partial charge is 0.270 e. The van der Waals surface area contributed by atoms with Gasteiger partial charge >= 0.3 is 0 Å². The zero-order chi connectivity index (χ0) is 12.7. The molecule has 18 heavy (non-hydrogen) atoms. The van der Waals surface area contributed by atoms with Crippen LogP contribution in [0.1, 0.15) is 29.8 Å². The molecule has 3 unspecified atom stereocenters. The highest BCUT2D eigenvalue weighted by Gasteiger charge is 2.40. The summed E-state index contributed by atoms with van der Waals surface area (Å²) in [7, 11) is 0. The van der Waals surface area contributed by atoms with Gasteiger partial charge in [-0.15, -0.1) is 0 Å². The fourth-order valence-corrected chi connectivity index (χ4v) is 3.69. The van der Waals surface area contributed by atoms with Gasteiger partial charge in [0, 0.05) is 29.8 Å². The van der Waals surface area contributed by atoms with Gasteiger partial charge in [-0.2, -0.15) is 0 Å². The second-order valence-electron chi connectivity index (χ2n) is 5.46. The largest absolute Gasteiger partial charge is 0.356 e. The number of rotatable bonds is 1. The van der Waals surface area contributed by atoms with Crippen molar-refractivity contribution in [2.75, 3.05) is 13.1 Å². The zero-order valence-electron chi connectivity index (χ0n) is 10.2. The molecule has 2 fully saturated rings. The number of aromatic amines is 1. The number of hydrogen-bond acceptors (Lipinski definition) is 2. The van der Waals surface area contributed by atoms with E-state index in [-0.39, 0.29) is 11.9 Å². The number of nitrogens with one attached hydrogen (secondary N) is 1. The summed E-state index contributed by atoms with van der Waals surface area (Å²) >= 11 is 3.36. The Morgan fingerprint density at radius 2 is 2.28 bits per heavy atom. The molecule has 0 bridgehead atoms. The summed E-state index contributed by atoms with van der Waals surface area (Å²) < 4.78 is 0.916. The first-order valence-electron chi connectivity index (χ1n) is 6.54. The van der Waals surface area contributed by atoms with Gasteiger partial charge in [0.05, 0.1) is 0 Å². The highest BCUT2D eigenvalue weighted by molar-refractivity contribution is 9.10. The lowest BCUT2D eigenvalue weighted by atomic mass is 9.78. The first-order valence-corrected chi connectivity index (χ1v) is 7.33. The number of H-pyrrole nitrogens is 1. The van der Waals surface area contributed by atoms with E-state index >= 15 is 0 Å². The van der Waals surface area contributed by atoms with E-state index < -0.39 is 0 Å². The Hall–Kier alpha value is -0.810. The average molecular weight is 312 g/mol. The van der Waals surface area contributed by atoms with Gasteiger partial charge < -0.3 is 15.6 Å². The van der Waals surface area contributed by atoms with E-state index in [1.165, 1.54) is 12.8 Å². The van der Waals surface area contributed by atoms with Crippen LogP contribution >= 0.6 is 15.9 Å². The fraction of sp³-hybridized carbons (Fsp3) is 0.615. The van der Waals surface area contributed by atoms with Crippen molar-refractivity contribution < 1.29 is 4.79 Å². The highest BCUT2D eigenvalue weighted by atomic mass is 79.9. The number of fused-ring (bicyclic) bond motifs is 1. The Kier molecular flexibility index (Phi) is 3.20. The van der Waals surface area contributed by atoms with Crippen molar-refractivity contribution >= 4 is 21.8 Å². The predicted octanol–water partition coefficient (Wildman–Crippen LogP) is 1.98. The van der Waals surface area contributed by atoms with Gasteiger partial charge in [-0.3, -0.25) is 4.79 Å². The molecule has 2 heterocycles. The summed E-state index contributed by atoms with van der Waals surface area (Å²) in [5, 5.41) is 0. The molecule has 3 N–H and O–H groups in total. The Bertz CT molecular complexity index is 459. The van der Waals surface area contributed by atoms with Crippen molar-refractivity contribution in [1.29, 1.82) is 0 Å². The van der Waals surface area contributed by atoms with Crippen molar-refractivity contribution in [1.82, 2.24) is 9.88 Å². The molecule has 3 rings (SSSR count). The molecule has 98 valence electrons. The van der Waals surface area contributed by atoms with Crippen LogP contribution in [0.15, 0.2) is 16.7 Å². The van der Waals surface area contributed by atoms with Crippen molar-refractivity contribution in [2.45, 2.75) is 25.3 Å². The SMILES string of the molecule is NC1CCCC2CN(C(=O)c3cc(Br)c[nH]3)CC12. The van der Waals surface area contributed by atoms with Crippen molar-refractivity contribution in [3.8, 4) is 0 Å². The second-order valence-corrected chi connectivity index (χ2v) is 6.38. The van der Waals surface area contributed by atoms with Gasteiger partial charge in [0.1, 0.15) is 5.69 Å². The summed E-state index contributed by atoms with van der Waals surface area (Å²) in [6.07, 6.45) is 5.33. The average Bonchev–Trinajstić information content (AvgIpc) is 2.95. The first-order chi connectivity index (χ1) is 8.65. The van der Waals surface area contributed by atoms with Crippen LogP contribution in [0.25, 0.3) is 0 Å². The van der Waals surface area contributed by atoms with Crippen molar-refractivity contribution in [2.24, 2.45) is 17.6 Å².